The molecule has 0 bridgehead atoms. The van der Waals surface area contributed by atoms with E-state index in [1.54, 1.807) is 16.7 Å². The van der Waals surface area contributed by atoms with Crippen molar-refractivity contribution in [1.82, 2.24) is 3.26 Å². The number of nitrogens with one attached hydrogen (secondary N) is 1. The van der Waals surface area contributed by atoms with Crippen molar-refractivity contribution < 1.29 is 21.2 Å². The predicted molar refractivity (Wildman–Crippen MR) is 136 cm³/mol. The molecule has 3 heteroatoms. The van der Waals surface area contributed by atoms with Crippen LogP contribution in [0.3, 0.4) is 0 Å². The molecule has 1 atom stereocenters. The summed E-state index contributed by atoms with van der Waals surface area (Å²) >= 11 is -1.54. The molecule has 1 nitrogen and oxygen atoms in total. The smallest absolute Gasteiger partial charge is 0.0184 e. The molecular weight excluding hydrogens is 470 g/mol. The molecule has 1 N–H and O–H groups in total. The zero-order chi connectivity index (χ0) is 22.4. The second-order valence-electron chi connectivity index (χ2n) is 9.49. The van der Waals surface area contributed by atoms with Crippen LogP contribution < -0.4 is 3.26 Å². The van der Waals surface area contributed by atoms with Crippen molar-refractivity contribution in [3.8, 4) is 11.1 Å². The normalized spacial score (nSPS) is 19.1. The summed E-state index contributed by atoms with van der Waals surface area (Å²) < 4.78 is 6.16. The summed E-state index contributed by atoms with van der Waals surface area (Å²) in [4.78, 5) is 0. The molecule has 4 rings (SSSR count). The molecule has 0 aliphatic heterocycles. The number of hydrogen-bond acceptors (Lipinski definition) is 1. The largest absolute Gasteiger partial charge is 0.0622 e. The van der Waals surface area contributed by atoms with Crippen molar-refractivity contribution in [3.63, 3.8) is 0 Å². The third-order valence-electron chi connectivity index (χ3n) is 7.10. The molecule has 2 aromatic rings. The Hall–Kier alpha value is -1.02. The molecule has 165 valence electrons. The van der Waals surface area contributed by atoms with Crippen molar-refractivity contribution in [3.05, 3.63) is 80.7 Å². The van der Waals surface area contributed by atoms with Gasteiger partial charge in [0.2, 0.25) is 0 Å². The van der Waals surface area contributed by atoms with Crippen LogP contribution in [0.5, 0.6) is 0 Å². The van der Waals surface area contributed by atoms with Gasteiger partial charge in [-0.15, -0.1) is 0 Å². The number of benzene rings is 2. The molecule has 2 aliphatic rings. The third-order valence-corrected chi connectivity index (χ3v) is 24.8. The van der Waals surface area contributed by atoms with Gasteiger partial charge in [0.1, 0.15) is 0 Å². The molecule has 1 saturated carbocycles. The molecule has 0 radical (unpaired) electrons. The van der Waals surface area contributed by atoms with Crippen molar-refractivity contribution >= 4 is 5.92 Å². The number of hydrogen-bond donors (Lipinski definition) is 1. The van der Waals surface area contributed by atoms with Gasteiger partial charge in [0.25, 0.3) is 0 Å². The molecule has 1 unspecified atom stereocenters. The SMILES string of the molecule is CC1=C(C)C(C)[C]([Zr]([NH]C2CCCC2)[SiH](C)C)=C1C.c1ccc(-c2ccccc2)cc1. The summed E-state index contributed by atoms with van der Waals surface area (Å²) in [7, 11) is 0. The fourth-order valence-corrected chi connectivity index (χ4v) is 22.4. The molecule has 0 heterocycles. The average molecular weight is 510 g/mol. The van der Waals surface area contributed by atoms with E-state index in [1.165, 1.54) is 36.8 Å². The van der Waals surface area contributed by atoms with Crippen LogP contribution in [0.25, 0.3) is 11.1 Å². The molecule has 0 aromatic heterocycles. The van der Waals surface area contributed by atoms with Gasteiger partial charge < -0.3 is 0 Å². The maximum absolute atomic E-state index is 4.23. The van der Waals surface area contributed by atoms with E-state index in [9.17, 15) is 0 Å². The molecular formula is C28H40NSiZr. The van der Waals surface area contributed by atoms with Crippen molar-refractivity contribution in [1.29, 1.82) is 0 Å². The zero-order valence-corrected chi connectivity index (χ0v) is 23.9. The minimum absolute atomic E-state index is 0.525. The van der Waals surface area contributed by atoms with Gasteiger partial charge in [-0.3, -0.25) is 0 Å². The topological polar surface area (TPSA) is 12.0 Å². The molecule has 31 heavy (non-hydrogen) atoms. The Morgan fingerprint density at radius 3 is 1.65 bits per heavy atom. The van der Waals surface area contributed by atoms with Crippen LogP contribution in [0.15, 0.2) is 80.7 Å². The summed E-state index contributed by atoms with van der Waals surface area (Å²) in [5.41, 5.74) is 7.47. The van der Waals surface area contributed by atoms with Crippen molar-refractivity contribution in [2.24, 2.45) is 5.92 Å². The van der Waals surface area contributed by atoms with Crippen LogP contribution >= 0.6 is 0 Å². The van der Waals surface area contributed by atoms with E-state index >= 15 is 0 Å². The molecule has 0 saturated heterocycles. The number of rotatable bonds is 5. The number of allylic oxidation sites excluding steroid dienone is 4. The van der Waals surface area contributed by atoms with E-state index in [-0.39, 0.29) is 0 Å². The van der Waals surface area contributed by atoms with Gasteiger partial charge in [0.15, 0.2) is 0 Å². The Labute approximate surface area is 199 Å². The second kappa shape index (κ2) is 11.7. The predicted octanol–water partition coefficient (Wildman–Crippen LogP) is 7.65. The van der Waals surface area contributed by atoms with Crippen molar-refractivity contribution in [2.45, 2.75) is 72.5 Å². The third kappa shape index (κ3) is 6.28. The van der Waals surface area contributed by atoms with Gasteiger partial charge >= 0.3 is 129 Å². The first-order valence-corrected chi connectivity index (χ1v) is 21.6. The van der Waals surface area contributed by atoms with Gasteiger partial charge in [-0.05, 0) is 11.1 Å². The standard InChI is InChI=1S/C12H10.C9H13.C5H10N.C2H7Si.Zr/c1-3-7-11(8-4-1)12-9-5-2-6-10-12;1-6-5-7(2)9(4)8(6)3;6-5-3-1-2-4-5;1-3-2;/h1-10H;6H,1-4H3;5-6H,1-4H2;3H,1-2H3;/q;;-1;;+1. The summed E-state index contributed by atoms with van der Waals surface area (Å²) in [6, 6.07) is 21.7. The van der Waals surface area contributed by atoms with E-state index in [0.29, 0.717) is 0 Å². The van der Waals surface area contributed by atoms with E-state index < -0.39 is 27.1 Å². The minimum atomic E-state index is -1.54. The van der Waals surface area contributed by atoms with E-state index in [0.717, 1.165) is 12.0 Å². The molecule has 2 aliphatic carbocycles. The Kier molecular flexibility index (Phi) is 9.32. The Morgan fingerprint density at radius 2 is 1.26 bits per heavy atom. The Morgan fingerprint density at radius 1 is 0.774 bits per heavy atom. The zero-order valence-electron chi connectivity index (χ0n) is 20.3. The van der Waals surface area contributed by atoms with Gasteiger partial charge in [-0.2, -0.15) is 0 Å². The summed E-state index contributed by atoms with van der Waals surface area (Å²) in [6.45, 7) is 14.7. The molecule has 2 aromatic carbocycles. The monoisotopic (exact) mass is 508 g/mol. The van der Waals surface area contributed by atoms with Gasteiger partial charge in [-0.1, -0.05) is 60.7 Å². The molecule has 0 spiro atoms. The first-order chi connectivity index (χ1) is 14.9. The fraction of sp³-hybridized carbons (Fsp3) is 0.429. The first-order valence-electron chi connectivity index (χ1n) is 12.0. The van der Waals surface area contributed by atoms with Crippen LogP contribution in [0, 0.1) is 5.92 Å². The molecule has 1 fully saturated rings. The van der Waals surface area contributed by atoms with E-state index in [2.05, 4.69) is 92.6 Å². The summed E-state index contributed by atoms with van der Waals surface area (Å²) in [6.07, 6.45) is 5.80. The fourth-order valence-electron chi connectivity index (χ4n) is 4.91. The van der Waals surface area contributed by atoms with Crippen LogP contribution in [-0.4, -0.2) is 12.0 Å². The van der Waals surface area contributed by atoms with E-state index in [1.807, 2.05) is 15.4 Å². The van der Waals surface area contributed by atoms with Gasteiger partial charge in [-0.25, -0.2) is 0 Å². The first kappa shape index (κ1) is 24.6. The quantitative estimate of drug-likeness (QED) is 0.408. The maximum Gasteiger partial charge on any atom is -0.0184 e. The summed E-state index contributed by atoms with van der Waals surface area (Å²) in [5, 5.41) is 0. The van der Waals surface area contributed by atoms with Gasteiger partial charge in [0, 0.05) is 0 Å². The molecule has 0 amide bonds. The summed E-state index contributed by atoms with van der Waals surface area (Å²) in [5.74, 6) is 0.223. The Balaban J connectivity index is 0.000000194. The average Bonchev–Trinajstić information content (AvgIpc) is 3.37. The van der Waals surface area contributed by atoms with E-state index in [4.69, 9.17) is 0 Å². The van der Waals surface area contributed by atoms with Crippen LogP contribution in [0.1, 0.15) is 53.4 Å². The van der Waals surface area contributed by atoms with Crippen LogP contribution in [0.2, 0.25) is 13.1 Å². The second-order valence-corrected chi connectivity index (χ2v) is 27.8. The van der Waals surface area contributed by atoms with Gasteiger partial charge in [0.05, 0.1) is 0 Å². The minimum Gasteiger partial charge on any atom is -0.0622 e. The van der Waals surface area contributed by atoms with Crippen LogP contribution in [0.4, 0.5) is 0 Å². The Bertz CT molecular complexity index is 858. The maximum atomic E-state index is 4.23. The van der Waals surface area contributed by atoms with Crippen molar-refractivity contribution in [2.75, 3.05) is 0 Å². The van der Waals surface area contributed by atoms with Crippen LogP contribution in [-0.2, 0) is 21.2 Å².